The van der Waals surface area contributed by atoms with Crippen LogP contribution in [0.15, 0.2) is 10.8 Å². The summed E-state index contributed by atoms with van der Waals surface area (Å²) in [6, 6.07) is -0.115. The third-order valence-electron chi connectivity index (χ3n) is 2.85. The molecule has 2 aliphatic heterocycles. The number of thiophene rings is 1. The zero-order valence-electron chi connectivity index (χ0n) is 8.23. The van der Waals surface area contributed by atoms with E-state index in [0.29, 0.717) is 0 Å². The molecule has 1 saturated heterocycles. The number of hydroxylamine groups is 2. The molecule has 1 N–H and O–H groups in total. The number of carbonyl (C=O) groups excluding carboxylic acids is 1. The van der Waals surface area contributed by atoms with Gasteiger partial charge in [0.25, 0.3) is 0 Å². The van der Waals surface area contributed by atoms with Crippen molar-refractivity contribution in [2.24, 2.45) is 0 Å². The number of amides is 1. The van der Waals surface area contributed by atoms with E-state index in [1.165, 1.54) is 5.56 Å². The van der Waals surface area contributed by atoms with Crippen molar-refractivity contribution in [3.8, 4) is 5.75 Å². The van der Waals surface area contributed by atoms with Gasteiger partial charge in [0.05, 0.1) is 6.54 Å². The predicted octanol–water partition coefficient (Wildman–Crippen LogP) is 1.14. The molecule has 1 fully saturated rings. The van der Waals surface area contributed by atoms with E-state index in [0.717, 1.165) is 31.7 Å². The number of nitrogens with one attached hydrogen (secondary N) is 1. The lowest BCUT2D eigenvalue weighted by Gasteiger charge is -2.28. The highest BCUT2D eigenvalue weighted by molar-refractivity contribution is 7.08. The standard InChI is InChI=1S/C10H12N2O2S/c13-10-8(2-1-3-11-10)12-4-7-5-15-6-9(7)14-12/h5-6,8H,1-4H2,(H,11,13)/t8-/m0/s1. The van der Waals surface area contributed by atoms with E-state index < -0.39 is 0 Å². The molecule has 1 aromatic rings. The Morgan fingerprint density at radius 3 is 3.27 bits per heavy atom. The Labute approximate surface area is 91.8 Å². The van der Waals surface area contributed by atoms with Crippen LogP contribution in [0.5, 0.6) is 5.75 Å². The first kappa shape index (κ1) is 9.18. The highest BCUT2D eigenvalue weighted by Crippen LogP contribution is 2.33. The minimum Gasteiger partial charge on any atom is -0.404 e. The van der Waals surface area contributed by atoms with Gasteiger partial charge in [-0.25, -0.2) is 0 Å². The molecular formula is C10H12N2O2S. The van der Waals surface area contributed by atoms with Crippen molar-refractivity contribution >= 4 is 17.2 Å². The van der Waals surface area contributed by atoms with E-state index >= 15 is 0 Å². The summed E-state index contributed by atoms with van der Waals surface area (Å²) in [5, 5.41) is 8.73. The molecule has 3 rings (SSSR count). The lowest BCUT2D eigenvalue weighted by atomic mass is 10.1. The van der Waals surface area contributed by atoms with E-state index in [1.54, 1.807) is 16.4 Å². The minimum atomic E-state index is -0.115. The summed E-state index contributed by atoms with van der Waals surface area (Å²) in [5.74, 6) is 1.01. The van der Waals surface area contributed by atoms with Crippen molar-refractivity contribution in [2.75, 3.05) is 6.54 Å². The SMILES string of the molecule is O=C1NCCC[C@@H]1N1Cc2cscc2O1. The summed E-state index contributed by atoms with van der Waals surface area (Å²) in [4.78, 5) is 17.3. The van der Waals surface area contributed by atoms with Crippen LogP contribution in [0.4, 0.5) is 0 Å². The first-order valence-electron chi connectivity index (χ1n) is 5.12. The highest BCUT2D eigenvalue weighted by atomic mass is 32.1. The molecule has 0 spiro atoms. The van der Waals surface area contributed by atoms with Crippen LogP contribution in [-0.2, 0) is 11.3 Å². The molecule has 3 heterocycles. The average molecular weight is 224 g/mol. The van der Waals surface area contributed by atoms with Gasteiger partial charge in [0, 0.05) is 17.5 Å². The first-order chi connectivity index (χ1) is 7.34. The van der Waals surface area contributed by atoms with Gasteiger partial charge in [0.1, 0.15) is 6.04 Å². The van der Waals surface area contributed by atoms with Gasteiger partial charge in [-0.05, 0) is 18.2 Å². The van der Waals surface area contributed by atoms with Gasteiger partial charge < -0.3 is 10.2 Å². The zero-order valence-corrected chi connectivity index (χ0v) is 9.05. The number of hydrogen-bond acceptors (Lipinski definition) is 4. The van der Waals surface area contributed by atoms with Crippen molar-refractivity contribution in [3.05, 3.63) is 16.3 Å². The lowest BCUT2D eigenvalue weighted by molar-refractivity contribution is -0.145. The maximum atomic E-state index is 11.6. The van der Waals surface area contributed by atoms with E-state index in [9.17, 15) is 4.79 Å². The Morgan fingerprint density at radius 1 is 1.53 bits per heavy atom. The molecule has 2 aliphatic rings. The van der Waals surface area contributed by atoms with Crippen molar-refractivity contribution in [2.45, 2.75) is 25.4 Å². The summed E-state index contributed by atoms with van der Waals surface area (Å²) in [6.45, 7) is 1.53. The maximum Gasteiger partial charge on any atom is 0.240 e. The van der Waals surface area contributed by atoms with Gasteiger partial charge in [-0.3, -0.25) is 4.79 Å². The number of hydrogen-bond donors (Lipinski definition) is 1. The fraction of sp³-hybridized carbons (Fsp3) is 0.500. The third-order valence-corrected chi connectivity index (χ3v) is 3.62. The molecule has 0 bridgehead atoms. The molecule has 0 aliphatic carbocycles. The normalized spacial score (nSPS) is 25.9. The van der Waals surface area contributed by atoms with Gasteiger partial charge >= 0.3 is 0 Å². The zero-order chi connectivity index (χ0) is 10.3. The van der Waals surface area contributed by atoms with Crippen LogP contribution < -0.4 is 10.2 Å². The maximum absolute atomic E-state index is 11.6. The van der Waals surface area contributed by atoms with Gasteiger partial charge in [0.15, 0.2) is 5.75 Å². The summed E-state index contributed by atoms with van der Waals surface area (Å²) < 4.78 is 0. The molecular weight excluding hydrogens is 212 g/mol. The quantitative estimate of drug-likeness (QED) is 0.777. The highest BCUT2D eigenvalue weighted by Gasteiger charge is 2.34. The molecule has 1 aromatic heterocycles. The van der Waals surface area contributed by atoms with Crippen LogP contribution in [0.3, 0.4) is 0 Å². The van der Waals surface area contributed by atoms with Gasteiger partial charge in [-0.1, -0.05) is 0 Å². The summed E-state index contributed by atoms with van der Waals surface area (Å²) in [7, 11) is 0. The van der Waals surface area contributed by atoms with Crippen LogP contribution in [0.25, 0.3) is 0 Å². The van der Waals surface area contributed by atoms with Crippen LogP contribution in [-0.4, -0.2) is 23.6 Å². The first-order valence-corrected chi connectivity index (χ1v) is 6.06. The van der Waals surface area contributed by atoms with Crippen molar-refractivity contribution in [1.29, 1.82) is 0 Å². The van der Waals surface area contributed by atoms with Gasteiger partial charge in [-0.15, -0.1) is 16.4 Å². The predicted molar refractivity (Wildman–Crippen MR) is 56.5 cm³/mol. The number of fused-ring (bicyclic) bond motifs is 1. The van der Waals surface area contributed by atoms with E-state index in [2.05, 4.69) is 10.7 Å². The second-order valence-electron chi connectivity index (χ2n) is 3.88. The molecule has 0 aromatic carbocycles. The van der Waals surface area contributed by atoms with Gasteiger partial charge in [0.2, 0.25) is 5.91 Å². The Bertz CT molecular complexity index is 370. The molecule has 1 amide bonds. The Morgan fingerprint density at radius 2 is 2.47 bits per heavy atom. The Hall–Kier alpha value is -1.07. The second kappa shape index (κ2) is 3.50. The lowest BCUT2D eigenvalue weighted by Crippen LogP contribution is -2.49. The van der Waals surface area contributed by atoms with Crippen molar-refractivity contribution in [1.82, 2.24) is 10.4 Å². The number of nitrogens with zero attached hydrogens (tertiary/aromatic N) is 1. The van der Waals surface area contributed by atoms with Crippen molar-refractivity contribution < 1.29 is 9.63 Å². The topological polar surface area (TPSA) is 41.6 Å². The molecule has 1 atom stereocenters. The number of rotatable bonds is 1. The van der Waals surface area contributed by atoms with Crippen LogP contribution in [0, 0.1) is 0 Å². The largest absolute Gasteiger partial charge is 0.404 e. The summed E-state index contributed by atoms with van der Waals surface area (Å²) >= 11 is 1.64. The second-order valence-corrected chi connectivity index (χ2v) is 4.62. The average Bonchev–Trinajstić information content (AvgIpc) is 2.77. The Kier molecular flexibility index (Phi) is 2.14. The van der Waals surface area contributed by atoms with Gasteiger partial charge in [-0.2, -0.15) is 0 Å². The fourth-order valence-corrected chi connectivity index (χ4v) is 2.78. The summed E-state index contributed by atoms with van der Waals surface area (Å²) in [6.07, 6.45) is 1.92. The van der Waals surface area contributed by atoms with Crippen LogP contribution >= 0.6 is 11.3 Å². The molecule has 15 heavy (non-hydrogen) atoms. The number of piperidine rings is 1. The van der Waals surface area contributed by atoms with E-state index in [-0.39, 0.29) is 11.9 Å². The monoisotopic (exact) mass is 224 g/mol. The number of carbonyl (C=O) groups is 1. The van der Waals surface area contributed by atoms with E-state index in [4.69, 9.17) is 4.84 Å². The molecule has 4 nitrogen and oxygen atoms in total. The molecule has 0 radical (unpaired) electrons. The smallest absolute Gasteiger partial charge is 0.240 e. The van der Waals surface area contributed by atoms with Crippen LogP contribution in [0.1, 0.15) is 18.4 Å². The third kappa shape index (κ3) is 1.52. The molecule has 80 valence electrons. The molecule has 0 unspecified atom stereocenters. The fourth-order valence-electron chi connectivity index (χ4n) is 2.04. The van der Waals surface area contributed by atoms with E-state index in [1.807, 2.05) is 5.38 Å². The molecule has 5 heteroatoms. The van der Waals surface area contributed by atoms with Crippen molar-refractivity contribution in [3.63, 3.8) is 0 Å². The Balaban J connectivity index is 1.75. The minimum absolute atomic E-state index is 0.0927. The summed E-state index contributed by atoms with van der Waals surface area (Å²) in [5.41, 5.74) is 1.19. The van der Waals surface area contributed by atoms with Crippen LogP contribution in [0.2, 0.25) is 0 Å². The molecule has 0 saturated carbocycles.